The summed E-state index contributed by atoms with van der Waals surface area (Å²) in [6.07, 6.45) is 1.25. The third kappa shape index (κ3) is 2.60. The second-order valence-electron chi connectivity index (χ2n) is 6.06. The van der Waals surface area contributed by atoms with Gasteiger partial charge in [0.25, 0.3) is 5.91 Å². The lowest BCUT2D eigenvalue weighted by molar-refractivity contribution is -0.123. The first-order chi connectivity index (χ1) is 10.1. The highest BCUT2D eigenvalue weighted by molar-refractivity contribution is 6.00. The Morgan fingerprint density at radius 1 is 1.33 bits per heavy atom. The van der Waals surface area contributed by atoms with Gasteiger partial charge in [-0.05, 0) is 32.4 Å². The van der Waals surface area contributed by atoms with E-state index in [1.807, 2.05) is 23.1 Å². The summed E-state index contributed by atoms with van der Waals surface area (Å²) in [5, 5.41) is 6.26. The number of hydrogen-bond acceptors (Lipinski definition) is 3. The lowest BCUT2D eigenvalue weighted by atomic mass is 10.1. The van der Waals surface area contributed by atoms with Gasteiger partial charge in [-0.15, -0.1) is 0 Å². The molecule has 112 valence electrons. The molecule has 2 N–H and O–H groups in total. The van der Waals surface area contributed by atoms with Crippen LogP contribution in [0.3, 0.4) is 0 Å². The molecule has 0 spiro atoms. The van der Waals surface area contributed by atoms with Crippen LogP contribution in [0.1, 0.15) is 42.6 Å². The van der Waals surface area contributed by atoms with E-state index in [0.717, 1.165) is 23.2 Å². The van der Waals surface area contributed by atoms with Gasteiger partial charge >= 0.3 is 0 Å². The summed E-state index contributed by atoms with van der Waals surface area (Å²) in [7, 11) is 0. The molecule has 21 heavy (non-hydrogen) atoms. The van der Waals surface area contributed by atoms with Crippen LogP contribution in [0.5, 0.6) is 0 Å². The number of carbonyl (C=O) groups excluding carboxylic acids is 2. The molecule has 0 radical (unpaired) electrons. The van der Waals surface area contributed by atoms with Crippen molar-refractivity contribution >= 4 is 17.5 Å². The molecular formula is C16H21N3O2. The maximum Gasteiger partial charge on any atom is 0.254 e. The van der Waals surface area contributed by atoms with Crippen LogP contribution >= 0.6 is 0 Å². The van der Waals surface area contributed by atoms with Crippen LogP contribution in [-0.2, 0) is 11.3 Å². The van der Waals surface area contributed by atoms with Gasteiger partial charge in [-0.1, -0.05) is 6.07 Å². The summed E-state index contributed by atoms with van der Waals surface area (Å²) < 4.78 is 0. The van der Waals surface area contributed by atoms with Crippen LogP contribution in [0.25, 0.3) is 0 Å². The van der Waals surface area contributed by atoms with Gasteiger partial charge in [0.05, 0.1) is 6.04 Å². The monoisotopic (exact) mass is 287 g/mol. The highest BCUT2D eigenvalue weighted by Crippen LogP contribution is 2.32. The number of rotatable bonds is 3. The Balaban J connectivity index is 1.83. The number of hydrogen-bond donors (Lipinski definition) is 2. The number of anilines is 1. The van der Waals surface area contributed by atoms with Crippen molar-refractivity contribution in [3.05, 3.63) is 29.3 Å². The highest BCUT2D eigenvalue weighted by Gasteiger charge is 2.35. The minimum Gasteiger partial charge on any atom is -0.383 e. The van der Waals surface area contributed by atoms with Crippen molar-refractivity contribution in [3.63, 3.8) is 0 Å². The summed E-state index contributed by atoms with van der Waals surface area (Å²) in [6, 6.07) is 6.28. The smallest absolute Gasteiger partial charge is 0.254 e. The number of nitrogens with one attached hydrogen (secondary N) is 2. The van der Waals surface area contributed by atoms with E-state index in [9.17, 15) is 9.59 Å². The quantitative estimate of drug-likeness (QED) is 0.890. The highest BCUT2D eigenvalue weighted by atomic mass is 16.2. The van der Waals surface area contributed by atoms with E-state index >= 15 is 0 Å². The lowest BCUT2D eigenvalue weighted by Gasteiger charge is -2.31. The van der Waals surface area contributed by atoms with Crippen molar-refractivity contribution in [2.24, 2.45) is 0 Å². The Morgan fingerprint density at radius 2 is 2.14 bits per heavy atom. The molecule has 1 aromatic carbocycles. The van der Waals surface area contributed by atoms with Gasteiger partial charge in [0, 0.05) is 42.4 Å². The van der Waals surface area contributed by atoms with Gasteiger partial charge in [-0.25, -0.2) is 0 Å². The molecule has 0 saturated carbocycles. The molecule has 0 aromatic heterocycles. The second kappa shape index (κ2) is 5.39. The maximum absolute atomic E-state index is 12.6. The molecule has 0 aliphatic carbocycles. The third-order valence-corrected chi connectivity index (χ3v) is 4.12. The van der Waals surface area contributed by atoms with E-state index < -0.39 is 0 Å². The Kier molecular flexibility index (Phi) is 3.57. The maximum atomic E-state index is 12.6. The Hall–Kier alpha value is -2.04. The normalized spacial score (nSPS) is 21.5. The zero-order chi connectivity index (χ0) is 15.0. The number of amides is 2. The third-order valence-electron chi connectivity index (χ3n) is 4.12. The van der Waals surface area contributed by atoms with E-state index in [1.54, 1.807) is 0 Å². The van der Waals surface area contributed by atoms with Crippen molar-refractivity contribution in [2.75, 3.05) is 11.9 Å². The van der Waals surface area contributed by atoms with E-state index in [4.69, 9.17) is 0 Å². The average Bonchev–Trinajstić information content (AvgIpc) is 2.78. The minimum atomic E-state index is 0.0811. The van der Waals surface area contributed by atoms with E-state index in [1.165, 1.54) is 0 Å². The lowest BCUT2D eigenvalue weighted by Crippen LogP contribution is -2.48. The second-order valence-corrected chi connectivity index (χ2v) is 6.06. The molecule has 1 saturated heterocycles. The fourth-order valence-electron chi connectivity index (χ4n) is 3.08. The molecule has 1 unspecified atom stereocenters. The molecule has 2 heterocycles. The van der Waals surface area contributed by atoms with Crippen LogP contribution in [0.15, 0.2) is 18.2 Å². The van der Waals surface area contributed by atoms with Gasteiger partial charge in [0.2, 0.25) is 5.91 Å². The number of fused-ring (bicyclic) bond motifs is 1. The molecule has 1 atom stereocenters. The molecule has 3 rings (SSSR count). The van der Waals surface area contributed by atoms with Crippen molar-refractivity contribution in [3.8, 4) is 0 Å². The first-order valence-corrected chi connectivity index (χ1v) is 7.52. The molecule has 5 heteroatoms. The van der Waals surface area contributed by atoms with Gasteiger partial charge < -0.3 is 15.5 Å². The summed E-state index contributed by atoms with van der Waals surface area (Å²) in [4.78, 5) is 25.8. The van der Waals surface area contributed by atoms with Crippen LogP contribution < -0.4 is 10.6 Å². The number of piperidine rings is 1. The van der Waals surface area contributed by atoms with Gasteiger partial charge in [-0.2, -0.15) is 0 Å². The van der Waals surface area contributed by atoms with E-state index in [-0.39, 0.29) is 17.9 Å². The Bertz CT molecular complexity index is 573. The van der Waals surface area contributed by atoms with Crippen LogP contribution in [0.4, 0.5) is 5.69 Å². The summed E-state index contributed by atoms with van der Waals surface area (Å²) in [5.74, 6) is 0.163. The van der Waals surface area contributed by atoms with E-state index in [2.05, 4.69) is 24.5 Å². The molecule has 5 nitrogen and oxygen atoms in total. The van der Waals surface area contributed by atoms with Crippen molar-refractivity contribution < 1.29 is 9.59 Å². The molecule has 1 fully saturated rings. The first-order valence-electron chi connectivity index (χ1n) is 7.52. The molecule has 2 aliphatic heterocycles. The topological polar surface area (TPSA) is 61.4 Å². The molecular weight excluding hydrogens is 266 g/mol. The standard InChI is InChI=1S/C16H21N3O2/c1-10(2)18-14-5-3-4-12-13(14)9-19(16(12)21)11-6-7-15(20)17-8-11/h3-5,10-11,18H,6-9H2,1-2H3,(H,17,20). The Labute approximate surface area is 124 Å². The summed E-state index contributed by atoms with van der Waals surface area (Å²) in [5.41, 5.74) is 2.91. The number of nitrogens with zero attached hydrogens (tertiary/aromatic N) is 1. The molecule has 1 aromatic rings. The SMILES string of the molecule is CC(C)Nc1cccc2c1CN(C1CCC(=O)NC1)C2=O. The fourth-order valence-corrected chi connectivity index (χ4v) is 3.08. The molecule has 2 aliphatic rings. The summed E-state index contributed by atoms with van der Waals surface area (Å²) in [6.45, 7) is 5.37. The minimum absolute atomic E-state index is 0.0811. The predicted octanol–water partition coefficient (Wildman–Crippen LogP) is 1.74. The van der Waals surface area contributed by atoms with Crippen LogP contribution in [-0.4, -0.2) is 35.3 Å². The fraction of sp³-hybridized carbons (Fsp3) is 0.500. The van der Waals surface area contributed by atoms with Crippen molar-refractivity contribution in [1.82, 2.24) is 10.2 Å². The average molecular weight is 287 g/mol. The van der Waals surface area contributed by atoms with Gasteiger partial charge in [-0.3, -0.25) is 9.59 Å². The van der Waals surface area contributed by atoms with Crippen molar-refractivity contribution in [1.29, 1.82) is 0 Å². The first kappa shape index (κ1) is 13.9. The number of carbonyl (C=O) groups is 2. The predicted molar refractivity (Wildman–Crippen MR) is 81.1 cm³/mol. The van der Waals surface area contributed by atoms with E-state index in [0.29, 0.717) is 25.6 Å². The van der Waals surface area contributed by atoms with Crippen molar-refractivity contribution in [2.45, 2.75) is 45.3 Å². The van der Waals surface area contributed by atoms with Gasteiger partial charge in [0.15, 0.2) is 0 Å². The van der Waals surface area contributed by atoms with Gasteiger partial charge in [0.1, 0.15) is 0 Å². The largest absolute Gasteiger partial charge is 0.383 e. The summed E-state index contributed by atoms with van der Waals surface area (Å²) >= 11 is 0. The Morgan fingerprint density at radius 3 is 2.81 bits per heavy atom. The molecule has 0 bridgehead atoms. The number of benzene rings is 1. The molecule has 2 amide bonds. The zero-order valence-electron chi connectivity index (χ0n) is 12.5. The zero-order valence-corrected chi connectivity index (χ0v) is 12.5. The van der Waals surface area contributed by atoms with Crippen LogP contribution in [0, 0.1) is 0 Å². The van der Waals surface area contributed by atoms with Crippen LogP contribution in [0.2, 0.25) is 0 Å².